The Morgan fingerprint density at radius 1 is 1.77 bits per heavy atom. The van der Waals surface area contributed by atoms with Gasteiger partial charge in [-0.05, 0) is 26.4 Å². The summed E-state index contributed by atoms with van der Waals surface area (Å²) in [4.78, 5) is 6.72. The maximum atomic E-state index is 8.89. The molecule has 1 aliphatic heterocycles. The van der Waals surface area contributed by atoms with Gasteiger partial charge in [-0.2, -0.15) is 0 Å². The molecular formula is C9H14N2OS. The van der Waals surface area contributed by atoms with Crippen molar-refractivity contribution in [2.45, 2.75) is 25.5 Å². The summed E-state index contributed by atoms with van der Waals surface area (Å²) in [6.45, 7) is 1.23. The van der Waals surface area contributed by atoms with E-state index in [2.05, 4.69) is 16.9 Å². The number of hydrogen-bond acceptors (Lipinski definition) is 4. The molecule has 1 atom stereocenters. The lowest BCUT2D eigenvalue weighted by Crippen LogP contribution is -2.17. The molecule has 1 aromatic heterocycles. The third-order valence-electron chi connectivity index (χ3n) is 2.54. The van der Waals surface area contributed by atoms with Gasteiger partial charge in [-0.1, -0.05) is 0 Å². The first-order valence-corrected chi connectivity index (χ1v) is 5.44. The summed E-state index contributed by atoms with van der Waals surface area (Å²) in [6, 6.07) is 0.491. The van der Waals surface area contributed by atoms with Gasteiger partial charge in [0.05, 0.1) is 18.3 Å². The third-order valence-corrected chi connectivity index (χ3v) is 3.53. The Balaban J connectivity index is 2.15. The number of rotatable bonds is 2. The average molecular weight is 198 g/mol. The monoisotopic (exact) mass is 198 g/mol. The van der Waals surface area contributed by atoms with Gasteiger partial charge in [-0.3, -0.25) is 4.90 Å². The highest BCUT2D eigenvalue weighted by Gasteiger charge is 2.24. The molecule has 0 radical (unpaired) electrons. The van der Waals surface area contributed by atoms with Crippen molar-refractivity contribution in [2.75, 3.05) is 13.6 Å². The van der Waals surface area contributed by atoms with Crippen molar-refractivity contribution in [3.63, 3.8) is 0 Å². The zero-order chi connectivity index (χ0) is 9.26. The fraction of sp³-hybridized carbons (Fsp3) is 0.667. The minimum absolute atomic E-state index is 0.0624. The second-order valence-electron chi connectivity index (χ2n) is 3.47. The lowest BCUT2D eigenvalue weighted by atomic mass is 10.2. The molecule has 13 heavy (non-hydrogen) atoms. The quantitative estimate of drug-likeness (QED) is 0.780. The minimum atomic E-state index is 0.0624. The smallest absolute Gasteiger partial charge is 0.110 e. The van der Waals surface area contributed by atoms with Gasteiger partial charge in [-0.15, -0.1) is 11.3 Å². The molecule has 4 heteroatoms. The fourth-order valence-electron chi connectivity index (χ4n) is 1.77. The van der Waals surface area contributed by atoms with E-state index in [1.54, 1.807) is 11.3 Å². The molecule has 3 nitrogen and oxygen atoms in total. The SMILES string of the molecule is CN1CCCC1c1nc(CO)cs1. The normalized spacial score (nSPS) is 24.0. The second kappa shape index (κ2) is 3.74. The van der Waals surface area contributed by atoms with E-state index >= 15 is 0 Å². The Hall–Kier alpha value is -0.450. The largest absolute Gasteiger partial charge is 0.390 e. The van der Waals surface area contributed by atoms with E-state index in [0.717, 1.165) is 10.7 Å². The van der Waals surface area contributed by atoms with Crippen LogP contribution in [0.25, 0.3) is 0 Å². The molecule has 1 N–H and O–H groups in total. The van der Waals surface area contributed by atoms with E-state index in [4.69, 9.17) is 5.11 Å². The molecule has 0 bridgehead atoms. The van der Waals surface area contributed by atoms with Crippen LogP contribution in [-0.2, 0) is 6.61 Å². The lowest BCUT2D eigenvalue weighted by Gasteiger charge is -2.16. The highest BCUT2D eigenvalue weighted by atomic mass is 32.1. The predicted octanol–water partition coefficient (Wildman–Crippen LogP) is 1.40. The summed E-state index contributed by atoms with van der Waals surface area (Å²) in [7, 11) is 2.14. The molecule has 2 rings (SSSR count). The zero-order valence-corrected chi connectivity index (χ0v) is 8.55. The van der Waals surface area contributed by atoms with Crippen LogP contribution >= 0.6 is 11.3 Å². The third kappa shape index (κ3) is 1.75. The van der Waals surface area contributed by atoms with Crippen LogP contribution in [0.2, 0.25) is 0 Å². The van der Waals surface area contributed by atoms with Gasteiger partial charge < -0.3 is 5.11 Å². The Morgan fingerprint density at radius 2 is 2.62 bits per heavy atom. The molecule has 1 fully saturated rings. The van der Waals surface area contributed by atoms with Crippen LogP contribution < -0.4 is 0 Å². The first-order valence-electron chi connectivity index (χ1n) is 4.56. The van der Waals surface area contributed by atoms with Crippen LogP contribution in [0, 0.1) is 0 Å². The highest BCUT2D eigenvalue weighted by molar-refractivity contribution is 7.09. The van der Waals surface area contributed by atoms with Crippen molar-refractivity contribution in [3.05, 3.63) is 16.1 Å². The number of hydrogen-bond donors (Lipinski definition) is 1. The highest BCUT2D eigenvalue weighted by Crippen LogP contribution is 2.32. The molecule has 2 heterocycles. The van der Waals surface area contributed by atoms with Crippen LogP contribution in [0.4, 0.5) is 0 Å². The molecule has 1 saturated heterocycles. The summed E-state index contributed by atoms with van der Waals surface area (Å²) < 4.78 is 0. The molecule has 0 amide bonds. The van der Waals surface area contributed by atoms with Crippen molar-refractivity contribution in [3.8, 4) is 0 Å². The molecular weight excluding hydrogens is 184 g/mol. The second-order valence-corrected chi connectivity index (χ2v) is 4.36. The maximum Gasteiger partial charge on any atom is 0.110 e. The minimum Gasteiger partial charge on any atom is -0.390 e. The molecule has 1 aliphatic rings. The Bertz CT molecular complexity index is 287. The van der Waals surface area contributed by atoms with Gasteiger partial charge in [0.1, 0.15) is 5.01 Å². The van der Waals surface area contributed by atoms with E-state index in [1.165, 1.54) is 19.4 Å². The van der Waals surface area contributed by atoms with Crippen LogP contribution in [-0.4, -0.2) is 28.6 Å². The van der Waals surface area contributed by atoms with E-state index < -0.39 is 0 Å². The van der Waals surface area contributed by atoms with Crippen LogP contribution in [0.5, 0.6) is 0 Å². The molecule has 0 spiro atoms. The Labute approximate surface area is 82.0 Å². The standard InChI is InChI=1S/C9H14N2OS/c1-11-4-2-3-8(11)9-10-7(5-12)6-13-9/h6,8,12H,2-5H2,1H3. The topological polar surface area (TPSA) is 36.4 Å². The number of aliphatic hydroxyl groups is 1. The van der Waals surface area contributed by atoms with E-state index in [9.17, 15) is 0 Å². The summed E-state index contributed by atoms with van der Waals surface area (Å²) in [5, 5.41) is 12.0. The molecule has 0 saturated carbocycles. The lowest BCUT2D eigenvalue weighted by molar-refractivity contribution is 0.275. The van der Waals surface area contributed by atoms with Crippen LogP contribution in [0.1, 0.15) is 29.6 Å². The van der Waals surface area contributed by atoms with Gasteiger partial charge in [-0.25, -0.2) is 4.98 Å². The van der Waals surface area contributed by atoms with E-state index in [1.807, 2.05) is 5.38 Å². The van der Waals surface area contributed by atoms with Crippen molar-refractivity contribution < 1.29 is 5.11 Å². The summed E-state index contributed by atoms with van der Waals surface area (Å²) >= 11 is 1.66. The number of thiazole rings is 1. The molecule has 1 aromatic rings. The van der Waals surface area contributed by atoms with E-state index in [-0.39, 0.29) is 6.61 Å². The van der Waals surface area contributed by atoms with E-state index in [0.29, 0.717) is 6.04 Å². The number of aliphatic hydroxyl groups excluding tert-OH is 1. The van der Waals surface area contributed by atoms with Crippen LogP contribution in [0.15, 0.2) is 5.38 Å². The predicted molar refractivity (Wildman–Crippen MR) is 52.6 cm³/mol. The van der Waals surface area contributed by atoms with Crippen molar-refractivity contribution in [1.29, 1.82) is 0 Å². The summed E-state index contributed by atoms with van der Waals surface area (Å²) in [5.41, 5.74) is 0.806. The fourth-order valence-corrected chi connectivity index (χ4v) is 2.78. The number of aromatic nitrogens is 1. The van der Waals surface area contributed by atoms with Crippen molar-refractivity contribution in [1.82, 2.24) is 9.88 Å². The molecule has 1 unspecified atom stereocenters. The van der Waals surface area contributed by atoms with Crippen LogP contribution in [0.3, 0.4) is 0 Å². The molecule has 0 aliphatic carbocycles. The van der Waals surface area contributed by atoms with Gasteiger partial charge >= 0.3 is 0 Å². The molecule has 72 valence electrons. The van der Waals surface area contributed by atoms with Gasteiger partial charge in [0, 0.05) is 5.38 Å². The average Bonchev–Trinajstić information content (AvgIpc) is 2.71. The Kier molecular flexibility index (Phi) is 2.62. The van der Waals surface area contributed by atoms with Gasteiger partial charge in [0.15, 0.2) is 0 Å². The zero-order valence-electron chi connectivity index (χ0n) is 7.73. The maximum absolute atomic E-state index is 8.89. The molecule has 0 aromatic carbocycles. The van der Waals surface area contributed by atoms with Crippen molar-refractivity contribution >= 4 is 11.3 Å². The number of nitrogens with zero attached hydrogens (tertiary/aromatic N) is 2. The summed E-state index contributed by atoms with van der Waals surface area (Å²) in [5.74, 6) is 0. The van der Waals surface area contributed by atoms with Gasteiger partial charge in [0.25, 0.3) is 0 Å². The first-order chi connectivity index (χ1) is 6.31. The number of likely N-dealkylation sites (tertiary alicyclic amines) is 1. The summed E-state index contributed by atoms with van der Waals surface area (Å²) in [6.07, 6.45) is 2.46. The Morgan fingerprint density at radius 3 is 3.15 bits per heavy atom. The van der Waals surface area contributed by atoms with Crippen molar-refractivity contribution in [2.24, 2.45) is 0 Å². The van der Waals surface area contributed by atoms with Gasteiger partial charge in [0.2, 0.25) is 0 Å². The first kappa shape index (κ1) is 9.12.